The van der Waals surface area contributed by atoms with Crippen LogP contribution in [0.3, 0.4) is 0 Å². The molecule has 2 rings (SSSR count). The first-order valence-electron chi connectivity index (χ1n) is 4.84. The van der Waals surface area contributed by atoms with E-state index < -0.39 is 5.76 Å². The van der Waals surface area contributed by atoms with Crippen molar-refractivity contribution in [3.05, 3.63) is 51.8 Å². The van der Waals surface area contributed by atoms with Gasteiger partial charge in [-0.15, -0.1) is 5.10 Å². The van der Waals surface area contributed by atoms with Crippen molar-refractivity contribution in [2.45, 2.75) is 19.8 Å². The molecule has 0 fully saturated rings. The van der Waals surface area contributed by atoms with Crippen molar-refractivity contribution in [1.29, 1.82) is 0 Å². The number of benzene rings is 1. The second-order valence-corrected chi connectivity index (χ2v) is 3.50. The summed E-state index contributed by atoms with van der Waals surface area (Å²) < 4.78 is 4.81. The summed E-state index contributed by atoms with van der Waals surface area (Å²) in [6.07, 6.45) is 1.47. The van der Waals surface area contributed by atoms with Gasteiger partial charge in [0.05, 0.1) is 0 Å². The van der Waals surface area contributed by atoms with Crippen LogP contribution in [0.2, 0.25) is 0 Å². The fraction of sp³-hybridized carbons (Fsp3) is 0.273. The molecule has 2 aromatic rings. The molecule has 0 atom stereocenters. The molecule has 0 aliphatic carbocycles. The van der Waals surface area contributed by atoms with E-state index in [1.807, 2.05) is 6.07 Å². The zero-order valence-electron chi connectivity index (χ0n) is 8.49. The predicted octanol–water partition coefficient (Wildman–Crippen LogP) is 1.46. The number of rotatable bonds is 3. The SMILES string of the molecule is Cc1cccc(CCc2n[nH]c(=O)o2)c1. The Morgan fingerprint density at radius 3 is 2.93 bits per heavy atom. The van der Waals surface area contributed by atoms with Crippen LogP contribution in [0.15, 0.2) is 33.5 Å². The lowest BCUT2D eigenvalue weighted by atomic mass is 10.1. The van der Waals surface area contributed by atoms with E-state index in [-0.39, 0.29) is 0 Å². The number of aryl methyl sites for hydroxylation is 3. The molecule has 0 bridgehead atoms. The van der Waals surface area contributed by atoms with Gasteiger partial charge in [-0.05, 0) is 18.9 Å². The zero-order chi connectivity index (χ0) is 10.7. The van der Waals surface area contributed by atoms with Crippen LogP contribution >= 0.6 is 0 Å². The Morgan fingerprint density at radius 2 is 2.27 bits per heavy atom. The molecule has 0 aliphatic rings. The number of hydrogen-bond donors (Lipinski definition) is 1. The maximum absolute atomic E-state index is 10.7. The number of hydrogen-bond acceptors (Lipinski definition) is 3. The van der Waals surface area contributed by atoms with Gasteiger partial charge in [0.25, 0.3) is 0 Å². The average molecular weight is 204 g/mol. The summed E-state index contributed by atoms with van der Waals surface area (Å²) >= 11 is 0. The summed E-state index contributed by atoms with van der Waals surface area (Å²) in [4.78, 5) is 10.7. The molecule has 1 aromatic heterocycles. The summed E-state index contributed by atoms with van der Waals surface area (Å²) in [6.45, 7) is 2.05. The van der Waals surface area contributed by atoms with Crippen LogP contribution < -0.4 is 5.76 Å². The minimum Gasteiger partial charge on any atom is -0.392 e. The van der Waals surface area contributed by atoms with E-state index in [2.05, 4.69) is 35.3 Å². The van der Waals surface area contributed by atoms with Crippen molar-refractivity contribution < 1.29 is 4.42 Å². The zero-order valence-corrected chi connectivity index (χ0v) is 8.49. The number of nitrogens with zero attached hydrogens (tertiary/aromatic N) is 1. The molecule has 4 nitrogen and oxygen atoms in total. The molecule has 15 heavy (non-hydrogen) atoms. The van der Waals surface area contributed by atoms with Gasteiger partial charge in [0, 0.05) is 6.42 Å². The highest BCUT2D eigenvalue weighted by Gasteiger charge is 2.01. The summed E-state index contributed by atoms with van der Waals surface area (Å²) in [5.74, 6) is -0.0317. The van der Waals surface area contributed by atoms with Crippen LogP contribution in [0.4, 0.5) is 0 Å². The molecular formula is C11H12N2O2. The van der Waals surface area contributed by atoms with Crippen LogP contribution in [0.5, 0.6) is 0 Å². The molecule has 0 unspecified atom stereocenters. The van der Waals surface area contributed by atoms with Crippen LogP contribution in [0.25, 0.3) is 0 Å². The minimum absolute atomic E-state index is 0.460. The quantitative estimate of drug-likeness (QED) is 0.823. The van der Waals surface area contributed by atoms with Crippen molar-refractivity contribution in [1.82, 2.24) is 10.2 Å². The molecule has 4 heteroatoms. The van der Waals surface area contributed by atoms with Gasteiger partial charge in [0.1, 0.15) is 0 Å². The third-order valence-corrected chi connectivity index (χ3v) is 2.19. The lowest BCUT2D eigenvalue weighted by Crippen LogP contribution is -1.94. The van der Waals surface area contributed by atoms with Gasteiger partial charge in [-0.3, -0.25) is 0 Å². The number of H-pyrrole nitrogens is 1. The fourth-order valence-corrected chi connectivity index (χ4v) is 1.49. The number of aromatic amines is 1. The maximum atomic E-state index is 10.7. The summed E-state index contributed by atoms with van der Waals surface area (Å²) in [5, 5.41) is 5.99. The average Bonchev–Trinajstić information content (AvgIpc) is 2.62. The Kier molecular flexibility index (Phi) is 2.67. The second-order valence-electron chi connectivity index (χ2n) is 3.50. The molecule has 0 aliphatic heterocycles. The first-order chi connectivity index (χ1) is 7.24. The van der Waals surface area contributed by atoms with E-state index in [0.717, 1.165) is 6.42 Å². The van der Waals surface area contributed by atoms with E-state index in [1.54, 1.807) is 0 Å². The normalized spacial score (nSPS) is 10.5. The number of aromatic nitrogens is 2. The number of nitrogens with one attached hydrogen (secondary N) is 1. The van der Waals surface area contributed by atoms with Crippen molar-refractivity contribution in [2.24, 2.45) is 0 Å². The third kappa shape index (κ3) is 2.56. The largest absolute Gasteiger partial charge is 0.434 e. The van der Waals surface area contributed by atoms with Gasteiger partial charge in [0.2, 0.25) is 5.89 Å². The van der Waals surface area contributed by atoms with E-state index in [1.165, 1.54) is 11.1 Å². The Hall–Kier alpha value is -1.84. The smallest absolute Gasteiger partial charge is 0.392 e. The van der Waals surface area contributed by atoms with E-state index in [9.17, 15) is 4.79 Å². The summed E-state index contributed by atoms with van der Waals surface area (Å²) in [5.41, 5.74) is 2.46. The molecular weight excluding hydrogens is 192 g/mol. The van der Waals surface area contributed by atoms with Crippen LogP contribution in [-0.2, 0) is 12.8 Å². The van der Waals surface area contributed by atoms with Gasteiger partial charge in [-0.2, -0.15) is 0 Å². The van der Waals surface area contributed by atoms with Crippen LogP contribution in [-0.4, -0.2) is 10.2 Å². The highest BCUT2D eigenvalue weighted by molar-refractivity contribution is 5.22. The Bertz CT molecular complexity index is 499. The molecule has 0 spiro atoms. The van der Waals surface area contributed by atoms with E-state index >= 15 is 0 Å². The molecule has 0 amide bonds. The van der Waals surface area contributed by atoms with Crippen molar-refractivity contribution in [2.75, 3.05) is 0 Å². The van der Waals surface area contributed by atoms with Crippen LogP contribution in [0, 0.1) is 6.92 Å². The third-order valence-electron chi connectivity index (χ3n) is 2.19. The molecule has 1 N–H and O–H groups in total. The van der Waals surface area contributed by atoms with E-state index in [4.69, 9.17) is 4.42 Å². The molecule has 0 radical (unpaired) electrons. The van der Waals surface area contributed by atoms with Crippen molar-refractivity contribution >= 4 is 0 Å². The maximum Gasteiger partial charge on any atom is 0.434 e. The van der Waals surface area contributed by atoms with Crippen LogP contribution in [0.1, 0.15) is 17.0 Å². The Balaban J connectivity index is 2.02. The lowest BCUT2D eigenvalue weighted by molar-refractivity contribution is 0.461. The molecule has 0 saturated heterocycles. The van der Waals surface area contributed by atoms with Gasteiger partial charge >= 0.3 is 5.76 Å². The Morgan fingerprint density at radius 1 is 1.40 bits per heavy atom. The van der Waals surface area contributed by atoms with Gasteiger partial charge in [-0.1, -0.05) is 29.8 Å². The second kappa shape index (κ2) is 4.13. The standard InChI is InChI=1S/C11H12N2O2/c1-8-3-2-4-9(7-8)5-6-10-12-13-11(14)15-10/h2-4,7H,5-6H2,1H3,(H,13,14). The molecule has 1 aromatic carbocycles. The monoisotopic (exact) mass is 204 g/mol. The molecule has 78 valence electrons. The van der Waals surface area contributed by atoms with E-state index in [0.29, 0.717) is 12.3 Å². The Labute approximate surface area is 86.9 Å². The van der Waals surface area contributed by atoms with Gasteiger partial charge < -0.3 is 4.42 Å². The summed E-state index contributed by atoms with van der Waals surface area (Å²) in [7, 11) is 0. The van der Waals surface area contributed by atoms with Crippen molar-refractivity contribution in [3.8, 4) is 0 Å². The lowest BCUT2D eigenvalue weighted by Gasteiger charge is -1.99. The first kappa shape index (κ1) is 9.71. The van der Waals surface area contributed by atoms with Gasteiger partial charge in [-0.25, -0.2) is 9.89 Å². The highest BCUT2D eigenvalue weighted by Crippen LogP contribution is 2.06. The summed E-state index contributed by atoms with van der Waals surface area (Å²) in [6, 6.07) is 8.24. The fourth-order valence-electron chi connectivity index (χ4n) is 1.49. The molecule has 0 saturated carbocycles. The first-order valence-corrected chi connectivity index (χ1v) is 4.84. The van der Waals surface area contributed by atoms with Gasteiger partial charge in [0.15, 0.2) is 0 Å². The minimum atomic E-state index is -0.491. The highest BCUT2D eigenvalue weighted by atomic mass is 16.4. The molecule has 1 heterocycles. The predicted molar refractivity (Wildman–Crippen MR) is 55.7 cm³/mol. The topological polar surface area (TPSA) is 58.9 Å². The van der Waals surface area contributed by atoms with Crippen molar-refractivity contribution in [3.63, 3.8) is 0 Å².